The number of halogens is 2. The molecule has 2 aromatic rings. The standard InChI is InChI=1S/C14H14BrFN2/c1-17-14(13-7-6-11(15)9-18-13)8-10-4-2-3-5-12(10)16/h2-7,9,14,17H,8H2,1H3. The first kappa shape index (κ1) is 13.2. The summed E-state index contributed by atoms with van der Waals surface area (Å²) in [7, 11) is 1.86. The van der Waals surface area contributed by atoms with Crippen LogP contribution in [-0.4, -0.2) is 12.0 Å². The van der Waals surface area contributed by atoms with Gasteiger partial charge in [-0.25, -0.2) is 4.39 Å². The van der Waals surface area contributed by atoms with Crippen LogP contribution < -0.4 is 5.32 Å². The average Bonchev–Trinajstić information content (AvgIpc) is 2.39. The number of nitrogens with one attached hydrogen (secondary N) is 1. The van der Waals surface area contributed by atoms with Gasteiger partial charge < -0.3 is 5.32 Å². The number of benzene rings is 1. The van der Waals surface area contributed by atoms with Crippen LogP contribution in [-0.2, 0) is 6.42 Å². The molecule has 0 aliphatic heterocycles. The van der Waals surface area contributed by atoms with Crippen molar-refractivity contribution in [2.75, 3.05) is 7.05 Å². The summed E-state index contributed by atoms with van der Waals surface area (Å²) in [6.07, 6.45) is 2.33. The fourth-order valence-corrected chi connectivity index (χ4v) is 2.07. The van der Waals surface area contributed by atoms with Gasteiger partial charge in [0.05, 0.1) is 11.7 Å². The fourth-order valence-electron chi connectivity index (χ4n) is 1.83. The van der Waals surface area contributed by atoms with Crippen molar-refractivity contribution in [3.63, 3.8) is 0 Å². The molecule has 94 valence electrons. The molecule has 0 saturated heterocycles. The van der Waals surface area contributed by atoms with Crippen LogP contribution >= 0.6 is 15.9 Å². The predicted molar refractivity (Wildman–Crippen MR) is 73.8 cm³/mol. The molecule has 1 unspecified atom stereocenters. The number of rotatable bonds is 4. The molecule has 0 radical (unpaired) electrons. The van der Waals surface area contributed by atoms with Crippen molar-refractivity contribution in [2.24, 2.45) is 0 Å². The number of nitrogens with zero attached hydrogens (tertiary/aromatic N) is 1. The second kappa shape index (κ2) is 6.07. The maximum Gasteiger partial charge on any atom is 0.126 e. The van der Waals surface area contributed by atoms with Gasteiger partial charge >= 0.3 is 0 Å². The van der Waals surface area contributed by atoms with Gasteiger partial charge in [0.1, 0.15) is 5.82 Å². The van der Waals surface area contributed by atoms with Crippen LogP contribution in [0.15, 0.2) is 47.1 Å². The van der Waals surface area contributed by atoms with Crippen LogP contribution in [0.25, 0.3) is 0 Å². The highest BCUT2D eigenvalue weighted by Gasteiger charge is 2.13. The molecule has 2 nitrogen and oxygen atoms in total. The smallest absolute Gasteiger partial charge is 0.126 e. The maximum atomic E-state index is 13.6. The Morgan fingerprint density at radius 1 is 1.28 bits per heavy atom. The molecule has 0 fully saturated rings. The Hall–Kier alpha value is -1.26. The lowest BCUT2D eigenvalue weighted by molar-refractivity contribution is 0.545. The summed E-state index contributed by atoms with van der Waals surface area (Å²) < 4.78 is 14.5. The second-order valence-electron chi connectivity index (χ2n) is 4.04. The van der Waals surface area contributed by atoms with E-state index in [2.05, 4.69) is 26.2 Å². The average molecular weight is 309 g/mol. The monoisotopic (exact) mass is 308 g/mol. The quantitative estimate of drug-likeness (QED) is 0.935. The summed E-state index contributed by atoms with van der Waals surface area (Å²) in [5, 5.41) is 3.17. The first-order valence-electron chi connectivity index (χ1n) is 5.73. The largest absolute Gasteiger partial charge is 0.311 e. The number of hydrogen-bond donors (Lipinski definition) is 1. The summed E-state index contributed by atoms with van der Waals surface area (Å²) in [6, 6.07) is 10.7. The van der Waals surface area contributed by atoms with E-state index in [-0.39, 0.29) is 11.9 Å². The SMILES string of the molecule is CNC(Cc1ccccc1F)c1ccc(Br)cn1. The summed E-state index contributed by atoms with van der Waals surface area (Å²) in [4.78, 5) is 4.34. The Kier molecular flexibility index (Phi) is 4.44. The first-order valence-corrected chi connectivity index (χ1v) is 6.52. The Morgan fingerprint density at radius 2 is 2.06 bits per heavy atom. The third-order valence-electron chi connectivity index (χ3n) is 2.84. The molecule has 1 aromatic heterocycles. The molecule has 4 heteroatoms. The Balaban J connectivity index is 2.20. The van der Waals surface area contributed by atoms with E-state index in [9.17, 15) is 4.39 Å². The number of aromatic nitrogens is 1. The van der Waals surface area contributed by atoms with E-state index in [1.807, 2.05) is 25.2 Å². The van der Waals surface area contributed by atoms with E-state index in [4.69, 9.17) is 0 Å². The van der Waals surface area contributed by atoms with Gasteiger partial charge in [-0.1, -0.05) is 18.2 Å². The first-order chi connectivity index (χ1) is 8.70. The van der Waals surface area contributed by atoms with Crippen molar-refractivity contribution in [3.05, 3.63) is 64.1 Å². The van der Waals surface area contributed by atoms with E-state index >= 15 is 0 Å². The Labute approximate surface area is 114 Å². The summed E-state index contributed by atoms with van der Waals surface area (Å²) >= 11 is 3.35. The summed E-state index contributed by atoms with van der Waals surface area (Å²) in [5.41, 5.74) is 1.60. The van der Waals surface area contributed by atoms with Crippen molar-refractivity contribution < 1.29 is 4.39 Å². The number of hydrogen-bond acceptors (Lipinski definition) is 2. The van der Waals surface area contributed by atoms with Crippen LogP contribution in [0.2, 0.25) is 0 Å². The highest BCUT2D eigenvalue weighted by Crippen LogP contribution is 2.19. The van der Waals surface area contributed by atoms with Gasteiger partial charge in [-0.15, -0.1) is 0 Å². The zero-order valence-corrected chi connectivity index (χ0v) is 11.6. The molecule has 0 bridgehead atoms. The van der Waals surface area contributed by atoms with Crippen molar-refractivity contribution in [1.82, 2.24) is 10.3 Å². The predicted octanol–water partition coefficient (Wildman–Crippen LogP) is 3.49. The second-order valence-corrected chi connectivity index (χ2v) is 4.95. The van der Waals surface area contributed by atoms with E-state index in [0.717, 1.165) is 10.2 Å². The molecular weight excluding hydrogens is 295 g/mol. The van der Waals surface area contributed by atoms with Crippen molar-refractivity contribution in [1.29, 1.82) is 0 Å². The number of pyridine rings is 1. The van der Waals surface area contributed by atoms with Gasteiger partial charge in [-0.05, 0) is 53.2 Å². The van der Waals surface area contributed by atoms with Crippen LogP contribution in [0.1, 0.15) is 17.3 Å². The van der Waals surface area contributed by atoms with Crippen LogP contribution in [0.3, 0.4) is 0 Å². The third kappa shape index (κ3) is 3.15. The molecule has 1 N–H and O–H groups in total. The van der Waals surface area contributed by atoms with Gasteiger partial charge in [-0.3, -0.25) is 4.98 Å². The van der Waals surface area contributed by atoms with Crippen LogP contribution in [0.4, 0.5) is 4.39 Å². The van der Waals surface area contributed by atoms with Crippen molar-refractivity contribution in [2.45, 2.75) is 12.5 Å². The molecule has 0 spiro atoms. The highest BCUT2D eigenvalue weighted by atomic mass is 79.9. The van der Waals surface area contributed by atoms with E-state index in [1.165, 1.54) is 6.07 Å². The molecule has 1 aromatic carbocycles. The van der Waals surface area contributed by atoms with Gasteiger partial charge in [0, 0.05) is 10.7 Å². The lowest BCUT2D eigenvalue weighted by Gasteiger charge is -2.16. The Morgan fingerprint density at radius 3 is 2.67 bits per heavy atom. The summed E-state index contributed by atoms with van der Waals surface area (Å²) in [6.45, 7) is 0. The minimum atomic E-state index is -0.171. The van der Waals surface area contributed by atoms with Crippen LogP contribution in [0, 0.1) is 5.82 Å². The molecule has 18 heavy (non-hydrogen) atoms. The molecule has 0 aliphatic rings. The van der Waals surface area contributed by atoms with Crippen LogP contribution in [0.5, 0.6) is 0 Å². The van der Waals surface area contributed by atoms with Crippen molar-refractivity contribution >= 4 is 15.9 Å². The highest BCUT2D eigenvalue weighted by molar-refractivity contribution is 9.10. The lowest BCUT2D eigenvalue weighted by Crippen LogP contribution is -2.20. The van der Waals surface area contributed by atoms with Gasteiger partial charge in [0.25, 0.3) is 0 Å². The fraction of sp³-hybridized carbons (Fsp3) is 0.214. The third-order valence-corrected chi connectivity index (χ3v) is 3.31. The zero-order valence-electron chi connectivity index (χ0n) is 10.0. The molecule has 1 heterocycles. The molecule has 0 saturated carbocycles. The zero-order chi connectivity index (χ0) is 13.0. The minimum absolute atomic E-state index is 0.00926. The normalized spacial score (nSPS) is 12.4. The van der Waals surface area contributed by atoms with Gasteiger partial charge in [0.2, 0.25) is 0 Å². The van der Waals surface area contributed by atoms with Crippen molar-refractivity contribution in [3.8, 4) is 0 Å². The summed E-state index contributed by atoms with van der Waals surface area (Å²) in [5.74, 6) is -0.171. The molecule has 1 atom stereocenters. The molecule has 2 rings (SSSR count). The molecule has 0 aliphatic carbocycles. The minimum Gasteiger partial charge on any atom is -0.311 e. The van der Waals surface area contributed by atoms with E-state index < -0.39 is 0 Å². The van der Waals surface area contributed by atoms with E-state index in [1.54, 1.807) is 18.3 Å². The lowest BCUT2D eigenvalue weighted by atomic mass is 10.0. The van der Waals surface area contributed by atoms with Gasteiger partial charge in [-0.2, -0.15) is 0 Å². The topological polar surface area (TPSA) is 24.9 Å². The number of likely N-dealkylation sites (N-methyl/N-ethyl adjacent to an activating group) is 1. The maximum absolute atomic E-state index is 13.6. The molecular formula is C14H14BrFN2. The van der Waals surface area contributed by atoms with Gasteiger partial charge in [0.15, 0.2) is 0 Å². The van der Waals surface area contributed by atoms with E-state index in [0.29, 0.717) is 12.0 Å². The molecule has 0 amide bonds. The Bertz CT molecular complexity index is 513.